The van der Waals surface area contributed by atoms with E-state index in [0.717, 1.165) is 23.4 Å². The Hall–Kier alpha value is -3.00. The molecule has 32 heavy (non-hydrogen) atoms. The maximum atomic E-state index is 13.1. The molecule has 0 bridgehead atoms. The van der Waals surface area contributed by atoms with Gasteiger partial charge in [-0.2, -0.15) is 0 Å². The number of rotatable bonds is 10. The second kappa shape index (κ2) is 11.6. The van der Waals surface area contributed by atoms with Gasteiger partial charge in [-0.1, -0.05) is 12.1 Å². The minimum atomic E-state index is -1.29. The monoisotopic (exact) mass is 440 g/mol. The number of hydrogen-bond donors (Lipinski definition) is 1. The fourth-order valence-corrected chi connectivity index (χ4v) is 3.93. The molecule has 2 atom stereocenters. The van der Waals surface area contributed by atoms with Crippen molar-refractivity contribution in [1.82, 2.24) is 14.9 Å². The molecule has 0 aliphatic carbocycles. The predicted molar refractivity (Wildman–Crippen MR) is 122 cm³/mol. The number of anilines is 1. The number of piperazine rings is 1. The number of carbonyl (C=O) groups excluding carboxylic acids is 2. The summed E-state index contributed by atoms with van der Waals surface area (Å²) in [7, 11) is 0. The van der Waals surface area contributed by atoms with Crippen LogP contribution in [0.4, 0.5) is 5.95 Å². The summed E-state index contributed by atoms with van der Waals surface area (Å²) in [6.07, 6.45) is 2.83. The molecule has 3 rings (SSSR count). The quantitative estimate of drug-likeness (QED) is 0.565. The van der Waals surface area contributed by atoms with Gasteiger partial charge in [0.15, 0.2) is 0 Å². The summed E-state index contributed by atoms with van der Waals surface area (Å²) in [5, 5.41) is 10.2. The van der Waals surface area contributed by atoms with Crippen LogP contribution in [0.15, 0.2) is 36.5 Å². The molecule has 1 aromatic heterocycles. The van der Waals surface area contributed by atoms with E-state index in [1.165, 1.54) is 0 Å². The number of aliphatic hydroxyl groups is 1. The minimum Gasteiger partial charge on any atom is -0.494 e. The van der Waals surface area contributed by atoms with E-state index in [2.05, 4.69) is 9.97 Å². The average Bonchev–Trinajstić information content (AvgIpc) is 2.82. The topological polar surface area (TPSA) is 95.9 Å². The summed E-state index contributed by atoms with van der Waals surface area (Å²) in [5.74, 6) is 0.603. The van der Waals surface area contributed by atoms with Crippen LogP contribution in [0, 0.1) is 12.8 Å². The second-order valence-corrected chi connectivity index (χ2v) is 8.01. The number of amides is 1. The molecule has 1 aliphatic rings. The molecule has 8 heteroatoms. The molecule has 0 saturated carbocycles. The molecular formula is C24H32N4O4. The fraction of sp³-hybridized carbons (Fsp3) is 0.500. The van der Waals surface area contributed by atoms with Gasteiger partial charge in [-0.05, 0) is 56.9 Å². The molecule has 2 aromatic rings. The number of hydrogen-bond acceptors (Lipinski definition) is 7. The summed E-state index contributed by atoms with van der Waals surface area (Å²) in [6, 6.07) is 9.72. The van der Waals surface area contributed by atoms with Gasteiger partial charge < -0.3 is 24.4 Å². The van der Waals surface area contributed by atoms with E-state index in [1.807, 2.05) is 49.1 Å². The average molecular weight is 441 g/mol. The van der Waals surface area contributed by atoms with Crippen molar-refractivity contribution in [2.75, 3.05) is 37.7 Å². The number of ether oxygens (including phenoxy) is 1. The van der Waals surface area contributed by atoms with E-state index in [1.54, 1.807) is 11.1 Å². The van der Waals surface area contributed by atoms with Crippen molar-refractivity contribution >= 4 is 18.1 Å². The minimum absolute atomic E-state index is 0.166. The van der Waals surface area contributed by atoms with Gasteiger partial charge in [0, 0.05) is 38.1 Å². The smallest absolute Gasteiger partial charge is 0.228 e. The van der Waals surface area contributed by atoms with Gasteiger partial charge in [0.05, 0.1) is 12.5 Å². The van der Waals surface area contributed by atoms with Gasteiger partial charge in [-0.3, -0.25) is 4.79 Å². The van der Waals surface area contributed by atoms with E-state index in [9.17, 15) is 14.7 Å². The molecule has 1 aliphatic heterocycles. The molecule has 1 aromatic carbocycles. The van der Waals surface area contributed by atoms with Crippen LogP contribution in [0.25, 0.3) is 0 Å². The maximum absolute atomic E-state index is 13.1. The van der Waals surface area contributed by atoms with Gasteiger partial charge in [0.2, 0.25) is 11.9 Å². The molecule has 2 heterocycles. The zero-order valence-electron chi connectivity index (χ0n) is 18.8. The summed E-state index contributed by atoms with van der Waals surface area (Å²) in [5.41, 5.74) is 2.03. The van der Waals surface area contributed by atoms with E-state index < -0.39 is 12.0 Å². The number of aromatic nitrogens is 2. The third-order valence-corrected chi connectivity index (χ3v) is 5.74. The number of carbonyl (C=O) groups is 2. The van der Waals surface area contributed by atoms with Crippen molar-refractivity contribution in [3.8, 4) is 5.75 Å². The highest BCUT2D eigenvalue weighted by Gasteiger charge is 2.32. The van der Waals surface area contributed by atoms with Gasteiger partial charge in [-0.25, -0.2) is 9.97 Å². The van der Waals surface area contributed by atoms with Crippen LogP contribution in [0.2, 0.25) is 0 Å². The predicted octanol–water partition coefficient (Wildman–Crippen LogP) is 2.03. The van der Waals surface area contributed by atoms with Gasteiger partial charge in [0.25, 0.3) is 0 Å². The molecule has 1 fully saturated rings. The Morgan fingerprint density at radius 3 is 2.53 bits per heavy atom. The summed E-state index contributed by atoms with van der Waals surface area (Å²) >= 11 is 0. The number of aryl methyl sites for hydroxylation is 2. The normalized spacial score (nSPS) is 15.8. The number of aldehydes is 1. The third kappa shape index (κ3) is 6.26. The Morgan fingerprint density at radius 1 is 1.19 bits per heavy atom. The van der Waals surface area contributed by atoms with Gasteiger partial charge in [-0.15, -0.1) is 0 Å². The van der Waals surface area contributed by atoms with E-state index in [4.69, 9.17) is 4.74 Å². The van der Waals surface area contributed by atoms with Crippen LogP contribution in [0.3, 0.4) is 0 Å². The number of nitrogens with zero attached hydrogens (tertiary/aromatic N) is 4. The zero-order valence-corrected chi connectivity index (χ0v) is 18.8. The van der Waals surface area contributed by atoms with Crippen molar-refractivity contribution < 1.29 is 19.4 Å². The fourth-order valence-electron chi connectivity index (χ4n) is 3.93. The van der Waals surface area contributed by atoms with Crippen LogP contribution < -0.4 is 9.64 Å². The molecule has 1 amide bonds. The molecule has 1 saturated heterocycles. The first-order valence-corrected chi connectivity index (χ1v) is 11.2. The summed E-state index contributed by atoms with van der Waals surface area (Å²) in [6.45, 7) is 6.74. The standard InChI is InChI=1S/C24H32N4O4/c1-3-32-20-9-7-19(8-10-20)5-4-6-21(22(30)17-29)23(31)27-13-15-28(16-14-27)24-25-12-11-18(2)26-24/h7-12,17,21-22,30H,3-6,13-16H2,1-2H3/t21-,22-/m1/s1. The molecule has 1 N–H and O–H groups in total. The lowest BCUT2D eigenvalue weighted by atomic mass is 9.93. The lowest BCUT2D eigenvalue weighted by Gasteiger charge is -2.36. The largest absolute Gasteiger partial charge is 0.494 e. The van der Waals surface area contributed by atoms with Crippen LogP contribution in [0.1, 0.15) is 31.0 Å². The zero-order chi connectivity index (χ0) is 22.9. The molecule has 8 nitrogen and oxygen atoms in total. The van der Waals surface area contributed by atoms with Crippen LogP contribution in [-0.4, -0.2) is 71.1 Å². The summed E-state index contributed by atoms with van der Waals surface area (Å²) in [4.78, 5) is 36.9. The van der Waals surface area contributed by atoms with Crippen molar-refractivity contribution in [2.24, 2.45) is 5.92 Å². The lowest BCUT2D eigenvalue weighted by molar-refractivity contribution is -0.142. The Kier molecular flexibility index (Phi) is 8.56. The number of benzene rings is 1. The Balaban J connectivity index is 1.53. The van der Waals surface area contributed by atoms with Gasteiger partial charge >= 0.3 is 0 Å². The molecular weight excluding hydrogens is 408 g/mol. The highest BCUT2D eigenvalue weighted by Crippen LogP contribution is 2.20. The van der Waals surface area contributed by atoms with Crippen molar-refractivity contribution in [2.45, 2.75) is 39.2 Å². The van der Waals surface area contributed by atoms with E-state index in [0.29, 0.717) is 57.9 Å². The summed E-state index contributed by atoms with van der Waals surface area (Å²) < 4.78 is 5.46. The van der Waals surface area contributed by atoms with E-state index >= 15 is 0 Å². The lowest BCUT2D eigenvalue weighted by Crippen LogP contribution is -2.52. The first-order valence-electron chi connectivity index (χ1n) is 11.2. The molecule has 0 radical (unpaired) electrons. The first-order chi connectivity index (χ1) is 15.5. The van der Waals surface area contributed by atoms with Gasteiger partial charge in [0.1, 0.15) is 18.1 Å². The number of aliphatic hydroxyl groups excluding tert-OH is 1. The second-order valence-electron chi connectivity index (χ2n) is 8.01. The Morgan fingerprint density at radius 2 is 1.91 bits per heavy atom. The highest BCUT2D eigenvalue weighted by molar-refractivity contribution is 5.83. The van der Waals surface area contributed by atoms with Crippen molar-refractivity contribution in [3.05, 3.63) is 47.8 Å². The highest BCUT2D eigenvalue weighted by atomic mass is 16.5. The molecule has 0 unspecified atom stereocenters. The molecule has 0 spiro atoms. The maximum Gasteiger partial charge on any atom is 0.228 e. The van der Waals surface area contributed by atoms with Crippen LogP contribution in [0.5, 0.6) is 5.75 Å². The van der Waals surface area contributed by atoms with Crippen LogP contribution >= 0.6 is 0 Å². The van der Waals surface area contributed by atoms with Crippen molar-refractivity contribution in [3.63, 3.8) is 0 Å². The van der Waals surface area contributed by atoms with E-state index in [-0.39, 0.29) is 5.91 Å². The first kappa shape index (κ1) is 23.7. The SMILES string of the molecule is CCOc1ccc(CCC[C@@H](C(=O)N2CCN(c3nccc(C)n3)CC2)[C@H](O)C=O)cc1. The van der Waals surface area contributed by atoms with Crippen LogP contribution in [-0.2, 0) is 16.0 Å². The Bertz CT molecular complexity index is 882. The molecule has 172 valence electrons. The Labute approximate surface area is 189 Å². The van der Waals surface area contributed by atoms with Crippen molar-refractivity contribution in [1.29, 1.82) is 0 Å². The third-order valence-electron chi connectivity index (χ3n) is 5.74.